The summed E-state index contributed by atoms with van der Waals surface area (Å²) in [5.74, 6) is -0.666. The van der Waals surface area contributed by atoms with Crippen molar-refractivity contribution in [3.63, 3.8) is 0 Å². The van der Waals surface area contributed by atoms with Crippen molar-refractivity contribution in [1.29, 1.82) is 0 Å². The van der Waals surface area contributed by atoms with E-state index in [0.29, 0.717) is 18.8 Å². The molecule has 19 heavy (non-hydrogen) atoms. The van der Waals surface area contributed by atoms with E-state index in [1.165, 1.54) is 4.90 Å². The lowest BCUT2D eigenvalue weighted by atomic mass is 10.1. The summed E-state index contributed by atoms with van der Waals surface area (Å²) >= 11 is 0. The molecule has 1 unspecified atom stereocenters. The maximum Gasteiger partial charge on any atom is 0.276 e. The first kappa shape index (κ1) is 15.0. The van der Waals surface area contributed by atoms with Crippen LogP contribution in [-0.4, -0.2) is 47.1 Å². The zero-order chi connectivity index (χ0) is 14.6. The fourth-order valence-electron chi connectivity index (χ4n) is 1.77. The van der Waals surface area contributed by atoms with Gasteiger partial charge in [-0.3, -0.25) is 14.3 Å². The zero-order valence-corrected chi connectivity index (χ0v) is 11.8. The van der Waals surface area contributed by atoms with Gasteiger partial charge in [0, 0.05) is 33.4 Å². The second-order valence-corrected chi connectivity index (χ2v) is 4.49. The smallest absolute Gasteiger partial charge is 0.276 e. The SMILES string of the molecule is CCn1cc(N)c(C(=O)N(C)CC(C)C(=O)NC)n1. The van der Waals surface area contributed by atoms with Crippen LogP contribution in [0.25, 0.3) is 0 Å². The van der Waals surface area contributed by atoms with Crippen LogP contribution in [0.5, 0.6) is 0 Å². The number of hydrogen-bond donors (Lipinski definition) is 2. The molecule has 2 amide bonds. The molecule has 1 heterocycles. The van der Waals surface area contributed by atoms with Gasteiger partial charge in [0.2, 0.25) is 5.91 Å². The number of nitrogens with two attached hydrogens (primary N) is 1. The van der Waals surface area contributed by atoms with Gasteiger partial charge in [-0.05, 0) is 6.92 Å². The van der Waals surface area contributed by atoms with E-state index in [4.69, 9.17) is 5.73 Å². The molecule has 0 bridgehead atoms. The highest BCUT2D eigenvalue weighted by atomic mass is 16.2. The third kappa shape index (κ3) is 3.46. The van der Waals surface area contributed by atoms with Crippen LogP contribution in [0.1, 0.15) is 24.3 Å². The highest BCUT2D eigenvalue weighted by Crippen LogP contribution is 2.12. The Bertz CT molecular complexity index is 469. The number of nitrogen functional groups attached to an aromatic ring is 1. The van der Waals surface area contributed by atoms with Crippen molar-refractivity contribution in [2.45, 2.75) is 20.4 Å². The third-order valence-corrected chi connectivity index (χ3v) is 2.90. The van der Waals surface area contributed by atoms with Gasteiger partial charge in [0.15, 0.2) is 5.69 Å². The monoisotopic (exact) mass is 267 g/mol. The number of aromatic nitrogens is 2. The van der Waals surface area contributed by atoms with Gasteiger partial charge in [0.05, 0.1) is 11.6 Å². The Morgan fingerprint density at radius 1 is 1.58 bits per heavy atom. The van der Waals surface area contributed by atoms with E-state index in [2.05, 4.69) is 10.4 Å². The maximum atomic E-state index is 12.2. The first-order valence-corrected chi connectivity index (χ1v) is 6.20. The van der Waals surface area contributed by atoms with Crippen LogP contribution in [0, 0.1) is 5.92 Å². The number of carbonyl (C=O) groups is 2. The Morgan fingerprint density at radius 2 is 2.21 bits per heavy atom. The van der Waals surface area contributed by atoms with Gasteiger partial charge >= 0.3 is 0 Å². The lowest BCUT2D eigenvalue weighted by Gasteiger charge is -2.20. The first-order chi connectivity index (χ1) is 8.90. The minimum Gasteiger partial charge on any atom is -0.396 e. The molecule has 0 saturated heterocycles. The Labute approximate surface area is 112 Å². The van der Waals surface area contributed by atoms with Gasteiger partial charge < -0.3 is 16.0 Å². The summed E-state index contributed by atoms with van der Waals surface area (Å²) in [5.41, 5.74) is 6.35. The summed E-state index contributed by atoms with van der Waals surface area (Å²) < 4.78 is 1.61. The predicted molar refractivity (Wildman–Crippen MR) is 72.5 cm³/mol. The second-order valence-electron chi connectivity index (χ2n) is 4.49. The summed E-state index contributed by atoms with van der Waals surface area (Å²) in [6.45, 7) is 4.64. The number of amides is 2. The minimum absolute atomic E-state index is 0.105. The molecule has 0 aliphatic heterocycles. The van der Waals surface area contributed by atoms with E-state index >= 15 is 0 Å². The number of aryl methyl sites for hydroxylation is 1. The lowest BCUT2D eigenvalue weighted by Crippen LogP contribution is -2.37. The first-order valence-electron chi connectivity index (χ1n) is 6.20. The molecule has 0 spiro atoms. The Balaban J connectivity index is 2.76. The van der Waals surface area contributed by atoms with E-state index in [9.17, 15) is 9.59 Å². The molecule has 1 atom stereocenters. The molecule has 0 radical (unpaired) electrons. The van der Waals surface area contributed by atoms with Crippen molar-refractivity contribution in [2.75, 3.05) is 26.4 Å². The van der Waals surface area contributed by atoms with Gasteiger partial charge in [-0.2, -0.15) is 5.10 Å². The fraction of sp³-hybridized carbons (Fsp3) is 0.583. The average Bonchev–Trinajstić information content (AvgIpc) is 2.77. The van der Waals surface area contributed by atoms with Crippen LogP contribution in [0.3, 0.4) is 0 Å². The molecular formula is C12H21N5O2. The van der Waals surface area contributed by atoms with Crippen molar-refractivity contribution in [1.82, 2.24) is 20.0 Å². The van der Waals surface area contributed by atoms with Gasteiger partial charge in [0.1, 0.15) is 0 Å². The van der Waals surface area contributed by atoms with E-state index in [1.54, 1.807) is 31.9 Å². The molecule has 1 aromatic heterocycles. The molecule has 1 rings (SSSR count). The molecule has 7 heteroatoms. The number of hydrogen-bond acceptors (Lipinski definition) is 4. The van der Waals surface area contributed by atoms with Crippen molar-refractivity contribution in [3.05, 3.63) is 11.9 Å². The summed E-state index contributed by atoms with van der Waals surface area (Å²) in [6, 6.07) is 0. The minimum atomic E-state index is -0.284. The topological polar surface area (TPSA) is 93.2 Å². The van der Waals surface area contributed by atoms with Gasteiger partial charge in [-0.15, -0.1) is 0 Å². The van der Waals surface area contributed by atoms with E-state index in [1.807, 2.05) is 6.92 Å². The molecule has 0 saturated carbocycles. The number of carbonyl (C=O) groups excluding carboxylic acids is 2. The van der Waals surface area contributed by atoms with Crippen molar-refractivity contribution in [2.24, 2.45) is 5.92 Å². The molecule has 0 aromatic carbocycles. The molecule has 106 valence electrons. The number of anilines is 1. The normalized spacial score (nSPS) is 12.0. The Hall–Kier alpha value is -2.05. The summed E-state index contributed by atoms with van der Waals surface area (Å²) in [4.78, 5) is 25.1. The maximum absolute atomic E-state index is 12.2. The number of rotatable bonds is 5. The number of nitrogens with zero attached hydrogens (tertiary/aromatic N) is 3. The summed E-state index contributed by atoms with van der Waals surface area (Å²) in [5, 5.41) is 6.67. The second kappa shape index (κ2) is 6.21. The van der Waals surface area contributed by atoms with Crippen LogP contribution >= 0.6 is 0 Å². The molecule has 0 aliphatic rings. The Kier molecular flexibility index (Phi) is 4.91. The van der Waals surface area contributed by atoms with Gasteiger partial charge in [-0.25, -0.2) is 0 Å². The van der Waals surface area contributed by atoms with Crippen molar-refractivity contribution in [3.8, 4) is 0 Å². The molecular weight excluding hydrogens is 246 g/mol. The summed E-state index contributed by atoms with van der Waals surface area (Å²) in [7, 11) is 3.20. The van der Waals surface area contributed by atoms with Crippen LogP contribution < -0.4 is 11.1 Å². The van der Waals surface area contributed by atoms with Crippen LogP contribution in [0.2, 0.25) is 0 Å². The largest absolute Gasteiger partial charge is 0.396 e. The third-order valence-electron chi connectivity index (χ3n) is 2.90. The molecule has 3 N–H and O–H groups in total. The zero-order valence-electron chi connectivity index (χ0n) is 11.8. The molecule has 1 aromatic rings. The van der Waals surface area contributed by atoms with Crippen LogP contribution in [-0.2, 0) is 11.3 Å². The van der Waals surface area contributed by atoms with Crippen LogP contribution in [0.4, 0.5) is 5.69 Å². The molecule has 7 nitrogen and oxygen atoms in total. The Morgan fingerprint density at radius 3 is 2.68 bits per heavy atom. The molecule has 0 aliphatic carbocycles. The molecule has 0 fully saturated rings. The highest BCUT2D eigenvalue weighted by Gasteiger charge is 2.22. The average molecular weight is 267 g/mol. The van der Waals surface area contributed by atoms with Crippen molar-refractivity contribution < 1.29 is 9.59 Å². The standard InChI is InChI=1S/C12H21N5O2/c1-5-17-7-9(13)10(15-17)12(19)16(4)6-8(2)11(18)14-3/h7-8H,5-6,13H2,1-4H3,(H,14,18). The lowest BCUT2D eigenvalue weighted by molar-refractivity contribution is -0.124. The van der Waals surface area contributed by atoms with Crippen LogP contribution in [0.15, 0.2) is 6.20 Å². The van der Waals surface area contributed by atoms with Gasteiger partial charge in [-0.1, -0.05) is 6.92 Å². The predicted octanol–water partition coefficient (Wildman–Crippen LogP) is -0.0607. The van der Waals surface area contributed by atoms with Gasteiger partial charge in [0.25, 0.3) is 5.91 Å². The van der Waals surface area contributed by atoms with E-state index in [-0.39, 0.29) is 23.4 Å². The quantitative estimate of drug-likeness (QED) is 0.781. The van der Waals surface area contributed by atoms with E-state index < -0.39 is 0 Å². The highest BCUT2D eigenvalue weighted by molar-refractivity contribution is 5.97. The number of nitrogens with one attached hydrogen (secondary N) is 1. The fourth-order valence-corrected chi connectivity index (χ4v) is 1.77. The van der Waals surface area contributed by atoms with E-state index in [0.717, 1.165) is 0 Å². The summed E-state index contributed by atoms with van der Waals surface area (Å²) in [6.07, 6.45) is 1.63. The van der Waals surface area contributed by atoms with Crippen molar-refractivity contribution >= 4 is 17.5 Å².